The van der Waals surface area contributed by atoms with Crippen LogP contribution in [0.25, 0.3) is 10.9 Å². The predicted octanol–water partition coefficient (Wildman–Crippen LogP) is 4.24. The van der Waals surface area contributed by atoms with Gasteiger partial charge in [-0.3, -0.25) is 0 Å². The topological polar surface area (TPSA) is 31.2 Å². The number of carbonyl (C=O) groups excluding carboxylic acids is 1. The van der Waals surface area contributed by atoms with E-state index < -0.39 is 0 Å². The summed E-state index contributed by atoms with van der Waals surface area (Å²) in [6.07, 6.45) is 1.86. The van der Waals surface area contributed by atoms with Gasteiger partial charge in [0.05, 0.1) is 12.7 Å². The van der Waals surface area contributed by atoms with E-state index in [1.165, 1.54) is 12.7 Å². The lowest BCUT2D eigenvalue weighted by Crippen LogP contribution is -2.01. The highest BCUT2D eigenvalue weighted by molar-refractivity contribution is 9.10. The molecule has 3 aromatic rings. The van der Waals surface area contributed by atoms with Crippen molar-refractivity contribution < 1.29 is 9.53 Å². The summed E-state index contributed by atoms with van der Waals surface area (Å²) in [5, 5.41) is 0.918. The van der Waals surface area contributed by atoms with Crippen molar-refractivity contribution in [2.24, 2.45) is 0 Å². The molecule has 0 amide bonds. The van der Waals surface area contributed by atoms with E-state index in [0.717, 1.165) is 15.4 Å². The molecule has 0 aliphatic carbocycles. The minimum atomic E-state index is -0.305. The number of ether oxygens (including phenoxy) is 1. The Hall–Kier alpha value is -2.07. The molecule has 1 heterocycles. The Bertz CT molecular complexity index is 790. The molecule has 0 bridgehead atoms. The number of hydrogen-bond acceptors (Lipinski definition) is 2. The van der Waals surface area contributed by atoms with E-state index in [9.17, 15) is 4.79 Å². The smallest absolute Gasteiger partial charge is 0.340 e. The maximum atomic E-state index is 11.9. The highest BCUT2D eigenvalue weighted by Gasteiger charge is 2.15. The van der Waals surface area contributed by atoms with Gasteiger partial charge < -0.3 is 9.30 Å². The number of carbonyl (C=O) groups is 1. The molecule has 0 atom stereocenters. The van der Waals surface area contributed by atoms with Crippen LogP contribution in [-0.4, -0.2) is 17.6 Å². The van der Waals surface area contributed by atoms with Crippen molar-refractivity contribution in [1.82, 2.24) is 4.57 Å². The molecular formula is C17H14BrNO2. The van der Waals surface area contributed by atoms with Crippen molar-refractivity contribution >= 4 is 32.8 Å². The summed E-state index contributed by atoms with van der Waals surface area (Å²) in [7, 11) is 1.41. The lowest BCUT2D eigenvalue weighted by Gasteiger charge is -2.05. The SMILES string of the molecule is COC(=O)c1cn(Cc2ccc(Br)cc2)c2ccccc12. The first-order chi connectivity index (χ1) is 10.2. The molecule has 1 aromatic heterocycles. The van der Waals surface area contributed by atoms with Gasteiger partial charge in [0.25, 0.3) is 0 Å². The fourth-order valence-corrected chi connectivity index (χ4v) is 2.70. The van der Waals surface area contributed by atoms with Gasteiger partial charge in [-0.05, 0) is 23.8 Å². The van der Waals surface area contributed by atoms with Crippen LogP contribution < -0.4 is 0 Å². The zero-order valence-corrected chi connectivity index (χ0v) is 13.1. The highest BCUT2D eigenvalue weighted by Crippen LogP contribution is 2.23. The summed E-state index contributed by atoms with van der Waals surface area (Å²) in [4.78, 5) is 11.9. The first-order valence-corrected chi connectivity index (χ1v) is 7.39. The Balaban J connectivity index is 2.06. The number of fused-ring (bicyclic) bond motifs is 1. The van der Waals surface area contributed by atoms with Gasteiger partial charge in [0.2, 0.25) is 0 Å². The highest BCUT2D eigenvalue weighted by atomic mass is 79.9. The van der Waals surface area contributed by atoms with Gasteiger partial charge in [-0.2, -0.15) is 0 Å². The second-order valence-electron chi connectivity index (χ2n) is 4.81. The molecule has 0 spiro atoms. The van der Waals surface area contributed by atoms with E-state index >= 15 is 0 Å². The summed E-state index contributed by atoms with van der Waals surface area (Å²) in [6, 6.07) is 16.0. The number of methoxy groups -OCH3 is 1. The molecule has 106 valence electrons. The summed E-state index contributed by atoms with van der Waals surface area (Å²) >= 11 is 3.44. The predicted molar refractivity (Wildman–Crippen MR) is 86.5 cm³/mol. The third kappa shape index (κ3) is 2.72. The van der Waals surface area contributed by atoms with Crippen LogP contribution in [0.4, 0.5) is 0 Å². The van der Waals surface area contributed by atoms with Crippen molar-refractivity contribution in [2.75, 3.05) is 7.11 Å². The molecule has 0 N–H and O–H groups in total. The molecule has 2 aromatic carbocycles. The fourth-order valence-electron chi connectivity index (χ4n) is 2.44. The van der Waals surface area contributed by atoms with Gasteiger partial charge >= 0.3 is 5.97 Å². The lowest BCUT2D eigenvalue weighted by atomic mass is 10.2. The Morgan fingerprint density at radius 2 is 1.86 bits per heavy atom. The minimum Gasteiger partial charge on any atom is -0.465 e. The van der Waals surface area contributed by atoms with Gasteiger partial charge in [0.15, 0.2) is 0 Å². The number of nitrogens with zero attached hydrogens (tertiary/aromatic N) is 1. The molecule has 0 aliphatic rings. The van der Waals surface area contributed by atoms with Crippen LogP contribution in [0, 0.1) is 0 Å². The molecule has 3 rings (SSSR count). The van der Waals surface area contributed by atoms with Crippen LogP contribution in [-0.2, 0) is 11.3 Å². The number of para-hydroxylation sites is 1. The number of rotatable bonds is 3. The molecule has 0 fully saturated rings. The number of aromatic nitrogens is 1. The van der Waals surface area contributed by atoms with Crippen molar-refractivity contribution in [2.45, 2.75) is 6.54 Å². The van der Waals surface area contributed by atoms with E-state index in [-0.39, 0.29) is 5.97 Å². The largest absolute Gasteiger partial charge is 0.465 e. The molecule has 0 aliphatic heterocycles. The summed E-state index contributed by atoms with van der Waals surface area (Å²) < 4.78 is 7.99. The standard InChI is InChI=1S/C17H14BrNO2/c1-21-17(20)15-11-19(16-5-3-2-4-14(15)16)10-12-6-8-13(18)9-7-12/h2-9,11H,10H2,1H3. The first kappa shape index (κ1) is 13.9. The van der Waals surface area contributed by atoms with Gasteiger partial charge in [0, 0.05) is 28.1 Å². The maximum absolute atomic E-state index is 11.9. The monoisotopic (exact) mass is 343 g/mol. The summed E-state index contributed by atoms with van der Waals surface area (Å²) in [5.41, 5.74) is 2.81. The Labute approximate surface area is 131 Å². The zero-order chi connectivity index (χ0) is 14.8. The minimum absolute atomic E-state index is 0.305. The van der Waals surface area contributed by atoms with Crippen molar-refractivity contribution in [3.8, 4) is 0 Å². The van der Waals surface area contributed by atoms with Crippen LogP contribution in [0.2, 0.25) is 0 Å². The molecule has 0 saturated heterocycles. The number of hydrogen-bond donors (Lipinski definition) is 0. The molecule has 0 saturated carbocycles. The number of halogens is 1. The van der Waals surface area contributed by atoms with Crippen molar-refractivity contribution in [3.63, 3.8) is 0 Å². The number of benzene rings is 2. The molecule has 0 unspecified atom stereocenters. The Kier molecular flexibility index (Phi) is 3.80. The van der Waals surface area contributed by atoms with Gasteiger partial charge in [0.1, 0.15) is 0 Å². The molecule has 4 heteroatoms. The quantitative estimate of drug-likeness (QED) is 0.666. The normalized spacial score (nSPS) is 10.8. The van der Waals surface area contributed by atoms with Gasteiger partial charge in [-0.25, -0.2) is 4.79 Å². The second-order valence-corrected chi connectivity index (χ2v) is 5.72. The van der Waals surface area contributed by atoms with Gasteiger partial charge in [-0.1, -0.05) is 46.3 Å². The fraction of sp³-hybridized carbons (Fsp3) is 0.118. The average molecular weight is 344 g/mol. The first-order valence-electron chi connectivity index (χ1n) is 6.59. The third-order valence-electron chi connectivity index (χ3n) is 3.46. The summed E-state index contributed by atoms with van der Waals surface area (Å²) in [5.74, 6) is -0.305. The van der Waals surface area contributed by atoms with E-state index in [4.69, 9.17) is 4.74 Å². The molecule has 3 nitrogen and oxygen atoms in total. The zero-order valence-electron chi connectivity index (χ0n) is 11.5. The van der Waals surface area contributed by atoms with E-state index in [1.807, 2.05) is 42.6 Å². The Morgan fingerprint density at radius 3 is 2.57 bits per heavy atom. The van der Waals surface area contributed by atoms with Gasteiger partial charge in [-0.15, -0.1) is 0 Å². The Morgan fingerprint density at radius 1 is 1.14 bits per heavy atom. The average Bonchev–Trinajstić information content (AvgIpc) is 2.88. The summed E-state index contributed by atoms with van der Waals surface area (Å²) in [6.45, 7) is 0.713. The van der Waals surface area contributed by atoms with E-state index in [0.29, 0.717) is 12.1 Å². The van der Waals surface area contributed by atoms with Crippen LogP contribution in [0.15, 0.2) is 59.2 Å². The van der Waals surface area contributed by atoms with Crippen LogP contribution in [0.1, 0.15) is 15.9 Å². The molecule has 0 radical (unpaired) electrons. The van der Waals surface area contributed by atoms with E-state index in [1.54, 1.807) is 0 Å². The lowest BCUT2D eigenvalue weighted by molar-refractivity contribution is 0.0602. The van der Waals surface area contributed by atoms with Crippen LogP contribution in [0.3, 0.4) is 0 Å². The maximum Gasteiger partial charge on any atom is 0.340 e. The van der Waals surface area contributed by atoms with E-state index in [2.05, 4.69) is 32.6 Å². The molecular weight excluding hydrogens is 330 g/mol. The van der Waals surface area contributed by atoms with Crippen molar-refractivity contribution in [3.05, 3.63) is 70.3 Å². The van der Waals surface area contributed by atoms with Crippen LogP contribution in [0.5, 0.6) is 0 Å². The molecule has 21 heavy (non-hydrogen) atoms. The van der Waals surface area contributed by atoms with Crippen molar-refractivity contribution in [1.29, 1.82) is 0 Å². The third-order valence-corrected chi connectivity index (χ3v) is 3.99. The second kappa shape index (κ2) is 5.74. The van der Waals surface area contributed by atoms with Crippen LogP contribution >= 0.6 is 15.9 Å². The number of esters is 1.